The molecule has 1 aromatic heterocycles. The molecule has 2 rings (SSSR count). The van der Waals surface area contributed by atoms with Crippen molar-refractivity contribution in [2.24, 2.45) is 0 Å². The zero-order valence-corrected chi connectivity index (χ0v) is 11.4. The number of nitrogens with one attached hydrogen (secondary N) is 2. The number of rotatable bonds is 4. The van der Waals surface area contributed by atoms with E-state index in [4.69, 9.17) is 17.0 Å². The third kappa shape index (κ3) is 3.93. The predicted octanol–water partition coefficient (Wildman–Crippen LogP) is 3.29. The Morgan fingerprint density at radius 3 is 2.63 bits per heavy atom. The topological polar surface area (TPSA) is 46.2 Å². The molecule has 0 atom stereocenters. The lowest BCUT2D eigenvalue weighted by atomic mass is 10.3. The lowest BCUT2D eigenvalue weighted by Gasteiger charge is -2.13. The van der Waals surface area contributed by atoms with E-state index in [1.54, 1.807) is 12.4 Å². The number of aromatic nitrogens is 1. The highest BCUT2D eigenvalue weighted by Gasteiger charge is 2.04. The van der Waals surface area contributed by atoms with Crippen LogP contribution in [-0.2, 0) is 0 Å². The van der Waals surface area contributed by atoms with Crippen molar-refractivity contribution in [3.8, 4) is 5.75 Å². The van der Waals surface area contributed by atoms with Crippen molar-refractivity contribution < 1.29 is 4.74 Å². The second-order valence-electron chi connectivity index (χ2n) is 3.74. The van der Waals surface area contributed by atoms with Crippen molar-refractivity contribution in [3.05, 3.63) is 48.8 Å². The first-order valence-electron chi connectivity index (χ1n) is 5.99. The average Bonchev–Trinajstić information content (AvgIpc) is 2.42. The molecular formula is C14H15N3OS. The number of anilines is 2. The van der Waals surface area contributed by atoms with E-state index in [0.717, 1.165) is 17.1 Å². The van der Waals surface area contributed by atoms with Gasteiger partial charge in [0.2, 0.25) is 0 Å². The van der Waals surface area contributed by atoms with E-state index >= 15 is 0 Å². The molecule has 0 radical (unpaired) electrons. The van der Waals surface area contributed by atoms with E-state index in [-0.39, 0.29) is 0 Å². The summed E-state index contributed by atoms with van der Waals surface area (Å²) in [7, 11) is 0. The molecule has 0 aliphatic carbocycles. The van der Waals surface area contributed by atoms with Crippen LogP contribution in [-0.4, -0.2) is 16.7 Å². The molecule has 4 nitrogen and oxygen atoms in total. The average molecular weight is 273 g/mol. The van der Waals surface area contributed by atoms with E-state index in [0.29, 0.717) is 11.7 Å². The number of para-hydroxylation sites is 2. The van der Waals surface area contributed by atoms with Gasteiger partial charge in [0.25, 0.3) is 0 Å². The molecule has 1 aromatic carbocycles. The number of ether oxygens (including phenoxy) is 1. The lowest BCUT2D eigenvalue weighted by molar-refractivity contribution is 0.342. The Kier molecular flexibility index (Phi) is 4.69. The molecule has 0 spiro atoms. The fourth-order valence-electron chi connectivity index (χ4n) is 1.57. The Morgan fingerprint density at radius 2 is 1.89 bits per heavy atom. The van der Waals surface area contributed by atoms with Crippen LogP contribution in [0, 0.1) is 0 Å². The maximum absolute atomic E-state index is 5.53. The molecule has 2 aromatic rings. The van der Waals surface area contributed by atoms with Crippen LogP contribution in [0.25, 0.3) is 0 Å². The van der Waals surface area contributed by atoms with Crippen LogP contribution in [0.2, 0.25) is 0 Å². The van der Waals surface area contributed by atoms with E-state index in [1.165, 1.54) is 0 Å². The van der Waals surface area contributed by atoms with Crippen LogP contribution in [0.3, 0.4) is 0 Å². The molecule has 0 amide bonds. The van der Waals surface area contributed by atoms with Crippen molar-refractivity contribution in [1.29, 1.82) is 0 Å². The molecule has 1 heterocycles. The van der Waals surface area contributed by atoms with Gasteiger partial charge in [-0.05, 0) is 43.4 Å². The minimum Gasteiger partial charge on any atom is -0.492 e. The largest absolute Gasteiger partial charge is 0.492 e. The van der Waals surface area contributed by atoms with Crippen molar-refractivity contribution in [1.82, 2.24) is 4.98 Å². The Hall–Kier alpha value is -2.14. The Balaban J connectivity index is 2.03. The van der Waals surface area contributed by atoms with Gasteiger partial charge in [-0.15, -0.1) is 0 Å². The minimum atomic E-state index is 0.512. The van der Waals surface area contributed by atoms with Crippen LogP contribution in [0.4, 0.5) is 11.4 Å². The Morgan fingerprint density at radius 1 is 1.16 bits per heavy atom. The summed E-state index contributed by atoms with van der Waals surface area (Å²) in [5, 5.41) is 6.72. The molecule has 0 fully saturated rings. The molecule has 98 valence electrons. The van der Waals surface area contributed by atoms with E-state index in [1.807, 2.05) is 43.3 Å². The number of pyridine rings is 1. The molecule has 0 bridgehead atoms. The van der Waals surface area contributed by atoms with Gasteiger partial charge in [0.1, 0.15) is 5.75 Å². The summed E-state index contributed by atoms with van der Waals surface area (Å²) in [5.41, 5.74) is 1.73. The van der Waals surface area contributed by atoms with E-state index < -0.39 is 0 Å². The molecular weight excluding hydrogens is 258 g/mol. The summed E-state index contributed by atoms with van der Waals surface area (Å²) >= 11 is 5.26. The van der Waals surface area contributed by atoms with Crippen LogP contribution in [0.5, 0.6) is 5.75 Å². The van der Waals surface area contributed by atoms with Gasteiger partial charge in [-0.25, -0.2) is 0 Å². The van der Waals surface area contributed by atoms with Crippen LogP contribution in [0.1, 0.15) is 6.92 Å². The van der Waals surface area contributed by atoms with Gasteiger partial charge in [-0.2, -0.15) is 0 Å². The quantitative estimate of drug-likeness (QED) is 0.837. The summed E-state index contributed by atoms with van der Waals surface area (Å²) < 4.78 is 5.53. The fraction of sp³-hybridized carbons (Fsp3) is 0.143. The van der Waals surface area contributed by atoms with Crippen molar-refractivity contribution in [2.75, 3.05) is 17.2 Å². The lowest BCUT2D eigenvalue weighted by Crippen LogP contribution is -2.19. The summed E-state index contributed by atoms with van der Waals surface area (Å²) in [4.78, 5) is 3.95. The third-order valence-corrected chi connectivity index (χ3v) is 2.58. The fourth-order valence-corrected chi connectivity index (χ4v) is 1.80. The minimum absolute atomic E-state index is 0.512. The van der Waals surface area contributed by atoms with Gasteiger partial charge in [0.15, 0.2) is 5.11 Å². The molecule has 19 heavy (non-hydrogen) atoms. The molecule has 5 heteroatoms. The third-order valence-electron chi connectivity index (χ3n) is 2.37. The SMILES string of the molecule is CCOc1ccccc1NC(=S)Nc1ccncc1. The maximum atomic E-state index is 5.53. The highest BCUT2D eigenvalue weighted by molar-refractivity contribution is 7.80. The van der Waals surface area contributed by atoms with Gasteiger partial charge in [0, 0.05) is 18.1 Å². The Bertz CT molecular complexity index is 545. The molecule has 0 saturated heterocycles. The first kappa shape index (κ1) is 13.3. The number of nitrogens with zero attached hydrogens (tertiary/aromatic N) is 1. The van der Waals surface area contributed by atoms with Crippen molar-refractivity contribution in [3.63, 3.8) is 0 Å². The van der Waals surface area contributed by atoms with Crippen LogP contribution in [0.15, 0.2) is 48.8 Å². The van der Waals surface area contributed by atoms with E-state index in [2.05, 4.69) is 15.6 Å². The molecule has 0 unspecified atom stereocenters. The Labute approximate surface area is 117 Å². The smallest absolute Gasteiger partial charge is 0.175 e. The number of thiocarbonyl (C=S) groups is 1. The monoisotopic (exact) mass is 273 g/mol. The summed E-state index contributed by atoms with van der Waals surface area (Å²) in [6.07, 6.45) is 3.41. The molecule has 2 N–H and O–H groups in total. The number of benzene rings is 1. The van der Waals surface area contributed by atoms with E-state index in [9.17, 15) is 0 Å². The van der Waals surface area contributed by atoms with Crippen LogP contribution >= 0.6 is 12.2 Å². The first-order valence-corrected chi connectivity index (χ1v) is 6.40. The predicted molar refractivity (Wildman–Crippen MR) is 81.7 cm³/mol. The second-order valence-corrected chi connectivity index (χ2v) is 4.15. The summed E-state index contributed by atoms with van der Waals surface area (Å²) in [6.45, 7) is 2.56. The van der Waals surface area contributed by atoms with Crippen molar-refractivity contribution >= 4 is 28.7 Å². The van der Waals surface area contributed by atoms with Gasteiger partial charge in [-0.1, -0.05) is 12.1 Å². The molecule has 0 aliphatic rings. The summed E-state index contributed by atoms with van der Waals surface area (Å²) in [5.74, 6) is 0.781. The zero-order chi connectivity index (χ0) is 13.5. The van der Waals surface area contributed by atoms with Gasteiger partial charge in [0.05, 0.1) is 12.3 Å². The number of hydrogen-bond donors (Lipinski definition) is 2. The molecule has 0 saturated carbocycles. The zero-order valence-electron chi connectivity index (χ0n) is 10.6. The maximum Gasteiger partial charge on any atom is 0.175 e. The first-order chi connectivity index (χ1) is 9.29. The normalized spacial score (nSPS) is 9.74. The highest BCUT2D eigenvalue weighted by atomic mass is 32.1. The van der Waals surface area contributed by atoms with Crippen LogP contribution < -0.4 is 15.4 Å². The number of hydrogen-bond acceptors (Lipinski definition) is 3. The van der Waals surface area contributed by atoms with Crippen molar-refractivity contribution in [2.45, 2.75) is 6.92 Å². The highest BCUT2D eigenvalue weighted by Crippen LogP contribution is 2.23. The standard InChI is InChI=1S/C14H15N3OS/c1-2-18-13-6-4-3-5-12(13)17-14(19)16-11-7-9-15-10-8-11/h3-10H,2H2,1H3,(H2,15,16,17,19). The van der Waals surface area contributed by atoms with Gasteiger partial charge >= 0.3 is 0 Å². The summed E-state index contributed by atoms with van der Waals surface area (Å²) in [6, 6.07) is 11.4. The second kappa shape index (κ2) is 6.70. The van der Waals surface area contributed by atoms with Gasteiger partial charge < -0.3 is 15.4 Å². The van der Waals surface area contributed by atoms with Gasteiger partial charge in [-0.3, -0.25) is 4.98 Å². The molecule has 0 aliphatic heterocycles.